The number of amides is 1. The van der Waals surface area contributed by atoms with Gasteiger partial charge in [0.25, 0.3) is 5.91 Å². The van der Waals surface area contributed by atoms with E-state index < -0.39 is 5.97 Å². The first-order chi connectivity index (χ1) is 14.2. The first-order valence-electron chi connectivity index (χ1n) is 9.12. The Balaban J connectivity index is 1.27. The highest BCUT2D eigenvalue weighted by atomic mass is 32.1. The van der Waals surface area contributed by atoms with Crippen molar-refractivity contribution in [1.29, 1.82) is 0 Å². The van der Waals surface area contributed by atoms with E-state index in [0.717, 1.165) is 20.8 Å². The van der Waals surface area contributed by atoms with Crippen LogP contribution in [0.2, 0.25) is 0 Å². The number of fused-ring (bicyclic) bond motifs is 1. The molecule has 29 heavy (non-hydrogen) atoms. The first-order valence-corrected chi connectivity index (χ1v) is 9.93. The van der Waals surface area contributed by atoms with Crippen LogP contribution in [-0.4, -0.2) is 30.0 Å². The van der Waals surface area contributed by atoms with E-state index in [4.69, 9.17) is 9.15 Å². The van der Waals surface area contributed by atoms with Crippen molar-refractivity contribution >= 4 is 33.4 Å². The molecule has 0 saturated heterocycles. The van der Waals surface area contributed by atoms with Gasteiger partial charge in [0.1, 0.15) is 0 Å². The molecule has 4 aromatic rings. The maximum Gasteiger partial charge on any atom is 0.375 e. The molecule has 1 N–H and O–H groups in total. The largest absolute Gasteiger partial charge is 0.457 e. The number of benzene rings is 2. The molecular weight excluding hydrogens is 388 g/mol. The van der Waals surface area contributed by atoms with Crippen LogP contribution in [0, 0.1) is 0 Å². The second-order valence-corrected chi connectivity index (χ2v) is 7.40. The lowest BCUT2D eigenvalue weighted by atomic mass is 10.1. The van der Waals surface area contributed by atoms with Crippen molar-refractivity contribution in [2.75, 3.05) is 13.2 Å². The highest BCUT2D eigenvalue weighted by Gasteiger charge is 2.19. The fourth-order valence-electron chi connectivity index (χ4n) is 2.90. The monoisotopic (exact) mass is 406 g/mol. The fraction of sp³-hybridized carbons (Fsp3) is 0.136. The van der Waals surface area contributed by atoms with Crippen LogP contribution >= 0.6 is 11.3 Å². The maximum atomic E-state index is 12.3. The van der Waals surface area contributed by atoms with Gasteiger partial charge < -0.3 is 14.5 Å². The second-order valence-electron chi connectivity index (χ2n) is 6.28. The van der Waals surface area contributed by atoms with Gasteiger partial charge in [-0.25, -0.2) is 9.78 Å². The van der Waals surface area contributed by atoms with E-state index in [1.54, 1.807) is 17.4 Å². The Labute approximate surface area is 171 Å². The van der Waals surface area contributed by atoms with Gasteiger partial charge >= 0.3 is 5.97 Å². The van der Waals surface area contributed by atoms with Crippen molar-refractivity contribution in [3.05, 3.63) is 77.7 Å². The van der Waals surface area contributed by atoms with Crippen molar-refractivity contribution < 1.29 is 18.7 Å². The summed E-state index contributed by atoms with van der Waals surface area (Å²) in [4.78, 5) is 28.8. The number of furan rings is 1. The van der Waals surface area contributed by atoms with Gasteiger partial charge in [-0.1, -0.05) is 42.5 Å². The van der Waals surface area contributed by atoms with E-state index in [-0.39, 0.29) is 18.3 Å². The standard InChI is InChI=1S/C22H18N2O4S/c25-19(23-12-10-20-24-17-8-4-5-9-18(17)29-20)14-28-22(26)21-16(11-13-27-21)15-6-2-1-3-7-15/h1-9,11,13H,10,12,14H2,(H,23,25). The summed E-state index contributed by atoms with van der Waals surface area (Å²) in [5.41, 5.74) is 2.43. The highest BCUT2D eigenvalue weighted by Crippen LogP contribution is 2.25. The van der Waals surface area contributed by atoms with Gasteiger partial charge in [0.15, 0.2) is 6.61 Å². The zero-order chi connectivity index (χ0) is 20.1. The zero-order valence-corrected chi connectivity index (χ0v) is 16.3. The van der Waals surface area contributed by atoms with E-state index in [1.807, 2.05) is 54.6 Å². The van der Waals surface area contributed by atoms with Crippen LogP contribution in [0.3, 0.4) is 0 Å². The summed E-state index contributed by atoms with van der Waals surface area (Å²) in [6.07, 6.45) is 2.05. The number of aromatic nitrogens is 1. The Morgan fingerprint density at radius 2 is 1.83 bits per heavy atom. The number of rotatable bonds is 7. The fourth-order valence-corrected chi connectivity index (χ4v) is 3.86. The SMILES string of the molecule is O=C(COC(=O)c1occc1-c1ccccc1)NCCc1nc2ccccc2s1. The molecule has 0 atom stereocenters. The number of thiazole rings is 1. The lowest BCUT2D eigenvalue weighted by Gasteiger charge is -2.06. The predicted molar refractivity (Wildman–Crippen MR) is 111 cm³/mol. The molecule has 0 aliphatic rings. The molecule has 4 rings (SSSR count). The Bertz CT molecular complexity index is 1100. The Morgan fingerprint density at radius 1 is 1.03 bits per heavy atom. The van der Waals surface area contributed by atoms with Gasteiger partial charge in [-0.3, -0.25) is 4.79 Å². The van der Waals surface area contributed by atoms with Gasteiger partial charge in [0.05, 0.1) is 21.5 Å². The summed E-state index contributed by atoms with van der Waals surface area (Å²) >= 11 is 1.60. The minimum absolute atomic E-state index is 0.0819. The molecule has 7 heteroatoms. The molecule has 0 spiro atoms. The lowest BCUT2D eigenvalue weighted by Crippen LogP contribution is -2.30. The van der Waals surface area contributed by atoms with E-state index in [9.17, 15) is 9.59 Å². The van der Waals surface area contributed by atoms with Crippen molar-refractivity contribution in [3.8, 4) is 11.1 Å². The van der Waals surface area contributed by atoms with Crippen LogP contribution in [0.25, 0.3) is 21.3 Å². The third kappa shape index (κ3) is 4.52. The molecule has 0 aliphatic carbocycles. The molecule has 0 radical (unpaired) electrons. The first kappa shape index (κ1) is 18.9. The number of ether oxygens (including phenoxy) is 1. The molecule has 0 bridgehead atoms. The Hall–Kier alpha value is -3.45. The lowest BCUT2D eigenvalue weighted by molar-refractivity contribution is -0.124. The smallest absolute Gasteiger partial charge is 0.375 e. The van der Waals surface area contributed by atoms with Gasteiger partial charge in [-0.05, 0) is 23.8 Å². The summed E-state index contributed by atoms with van der Waals surface area (Å²) in [6, 6.07) is 19.0. The van der Waals surface area contributed by atoms with Crippen LogP contribution in [0.1, 0.15) is 15.6 Å². The van der Waals surface area contributed by atoms with Crippen molar-refractivity contribution in [2.45, 2.75) is 6.42 Å². The third-order valence-corrected chi connectivity index (χ3v) is 5.37. The number of esters is 1. The van der Waals surface area contributed by atoms with Crippen LogP contribution in [0.5, 0.6) is 0 Å². The quantitative estimate of drug-likeness (QED) is 0.468. The molecule has 2 aromatic carbocycles. The van der Waals surface area contributed by atoms with Crippen LogP contribution in [-0.2, 0) is 16.0 Å². The normalized spacial score (nSPS) is 10.8. The zero-order valence-electron chi connectivity index (χ0n) is 15.5. The number of carbonyl (C=O) groups is 2. The minimum atomic E-state index is -0.671. The van der Waals surface area contributed by atoms with Crippen LogP contribution < -0.4 is 5.32 Å². The van der Waals surface area contributed by atoms with E-state index in [0.29, 0.717) is 18.5 Å². The molecule has 146 valence electrons. The molecule has 0 fully saturated rings. The average molecular weight is 406 g/mol. The molecule has 0 saturated carbocycles. The highest BCUT2D eigenvalue weighted by molar-refractivity contribution is 7.18. The van der Waals surface area contributed by atoms with E-state index in [1.165, 1.54) is 6.26 Å². The number of para-hydroxylation sites is 1. The summed E-state index contributed by atoms with van der Waals surface area (Å²) in [7, 11) is 0. The molecule has 0 unspecified atom stereocenters. The minimum Gasteiger partial charge on any atom is -0.457 e. The number of carbonyl (C=O) groups excluding carboxylic acids is 2. The number of nitrogens with one attached hydrogen (secondary N) is 1. The molecule has 2 aromatic heterocycles. The third-order valence-electron chi connectivity index (χ3n) is 4.27. The number of nitrogens with zero attached hydrogens (tertiary/aromatic N) is 1. The topological polar surface area (TPSA) is 81.4 Å². The molecule has 0 aliphatic heterocycles. The van der Waals surface area contributed by atoms with Gasteiger partial charge in [0.2, 0.25) is 5.76 Å². The van der Waals surface area contributed by atoms with Crippen LogP contribution in [0.4, 0.5) is 0 Å². The van der Waals surface area contributed by atoms with Crippen molar-refractivity contribution in [2.24, 2.45) is 0 Å². The summed E-state index contributed by atoms with van der Waals surface area (Å²) in [5.74, 6) is -0.957. The Morgan fingerprint density at radius 3 is 2.66 bits per heavy atom. The molecule has 2 heterocycles. The van der Waals surface area contributed by atoms with E-state index in [2.05, 4.69) is 10.3 Å². The second kappa shape index (κ2) is 8.70. The molecule has 1 amide bonds. The maximum absolute atomic E-state index is 12.3. The van der Waals surface area contributed by atoms with Crippen LogP contribution in [0.15, 0.2) is 71.3 Å². The molecule has 6 nitrogen and oxygen atoms in total. The van der Waals surface area contributed by atoms with Crippen molar-refractivity contribution in [3.63, 3.8) is 0 Å². The average Bonchev–Trinajstić information content (AvgIpc) is 3.39. The summed E-state index contributed by atoms with van der Waals surface area (Å²) < 4.78 is 11.5. The predicted octanol–water partition coefficient (Wildman–Crippen LogP) is 4.07. The number of hydrogen-bond donors (Lipinski definition) is 1. The summed E-state index contributed by atoms with van der Waals surface area (Å²) in [6.45, 7) is 0.0554. The van der Waals surface area contributed by atoms with Gasteiger partial charge in [-0.2, -0.15) is 0 Å². The van der Waals surface area contributed by atoms with E-state index >= 15 is 0 Å². The summed E-state index contributed by atoms with van der Waals surface area (Å²) in [5, 5.41) is 3.69. The number of hydrogen-bond acceptors (Lipinski definition) is 6. The molecular formula is C22H18N2O4S. The van der Waals surface area contributed by atoms with Crippen molar-refractivity contribution in [1.82, 2.24) is 10.3 Å². The van der Waals surface area contributed by atoms with Gasteiger partial charge in [0, 0.05) is 18.5 Å². The van der Waals surface area contributed by atoms with Gasteiger partial charge in [-0.15, -0.1) is 11.3 Å². The Kier molecular flexibility index (Phi) is 5.67.